The minimum Gasteiger partial charge on any atom is -0.497 e. The zero-order valence-electron chi connectivity index (χ0n) is 16.4. The average molecular weight is 364 g/mol. The molecule has 0 N–H and O–H groups in total. The molecule has 0 aromatic heterocycles. The zero-order valence-corrected chi connectivity index (χ0v) is 16.4. The average Bonchev–Trinajstić information content (AvgIpc) is 2.72. The summed E-state index contributed by atoms with van der Waals surface area (Å²) in [6.07, 6.45) is 4.89. The lowest BCUT2D eigenvalue weighted by molar-refractivity contribution is -0.119. The van der Waals surface area contributed by atoms with Gasteiger partial charge in [-0.1, -0.05) is 31.0 Å². The molecule has 0 radical (unpaired) electrons. The third-order valence-electron chi connectivity index (χ3n) is 6.61. The van der Waals surface area contributed by atoms with Crippen molar-refractivity contribution in [2.45, 2.75) is 50.4 Å². The first-order valence-corrected chi connectivity index (χ1v) is 9.96. The van der Waals surface area contributed by atoms with Crippen molar-refractivity contribution in [3.8, 4) is 11.5 Å². The lowest BCUT2D eigenvalue weighted by Gasteiger charge is -2.46. The maximum absolute atomic E-state index is 12.8. The number of Topliss-reactive ketones (excluding diaryl/α,β-unsaturated/α-hetero) is 1. The van der Waals surface area contributed by atoms with Gasteiger partial charge in [0.25, 0.3) is 0 Å². The van der Waals surface area contributed by atoms with E-state index in [2.05, 4.69) is 24.3 Å². The number of ether oxygens (including phenoxy) is 2. The van der Waals surface area contributed by atoms with E-state index in [0.29, 0.717) is 11.8 Å². The van der Waals surface area contributed by atoms with E-state index in [0.717, 1.165) is 11.5 Å². The molecule has 2 aromatic carbocycles. The first-order valence-electron chi connectivity index (χ1n) is 9.96. The molecule has 4 rings (SSSR count). The highest BCUT2D eigenvalue weighted by molar-refractivity contribution is 5.86. The Morgan fingerprint density at radius 1 is 0.889 bits per heavy atom. The van der Waals surface area contributed by atoms with Gasteiger partial charge < -0.3 is 9.47 Å². The van der Waals surface area contributed by atoms with Crippen molar-refractivity contribution in [1.29, 1.82) is 0 Å². The van der Waals surface area contributed by atoms with E-state index in [1.807, 2.05) is 18.2 Å². The van der Waals surface area contributed by atoms with Gasteiger partial charge in [-0.25, -0.2) is 0 Å². The van der Waals surface area contributed by atoms with Crippen LogP contribution in [0.3, 0.4) is 0 Å². The van der Waals surface area contributed by atoms with E-state index in [4.69, 9.17) is 9.47 Å². The van der Waals surface area contributed by atoms with Gasteiger partial charge in [-0.15, -0.1) is 0 Å². The van der Waals surface area contributed by atoms with Crippen LogP contribution in [0.25, 0.3) is 0 Å². The molecule has 1 saturated carbocycles. The summed E-state index contributed by atoms with van der Waals surface area (Å²) in [5.74, 6) is 3.17. The predicted octanol–water partition coefficient (Wildman–Crippen LogP) is 5.45. The molecule has 142 valence electrons. The van der Waals surface area contributed by atoms with E-state index in [1.165, 1.54) is 42.4 Å². The molecule has 3 nitrogen and oxygen atoms in total. The Bertz CT molecular complexity index is 824. The molecule has 0 aliphatic heterocycles. The Morgan fingerprint density at radius 2 is 1.56 bits per heavy atom. The lowest BCUT2D eigenvalue weighted by atomic mass is 9.57. The molecule has 0 saturated heterocycles. The van der Waals surface area contributed by atoms with E-state index < -0.39 is 0 Å². The molecular formula is C24H28O3. The van der Waals surface area contributed by atoms with Crippen LogP contribution < -0.4 is 9.47 Å². The topological polar surface area (TPSA) is 35.5 Å². The summed E-state index contributed by atoms with van der Waals surface area (Å²) in [6, 6.07) is 14.7. The van der Waals surface area contributed by atoms with Crippen LogP contribution in [-0.2, 0) is 4.79 Å². The van der Waals surface area contributed by atoms with E-state index in [9.17, 15) is 4.79 Å². The number of hydrogen-bond donors (Lipinski definition) is 0. The number of carbonyl (C=O) groups is 1. The smallest absolute Gasteiger partial charge is 0.137 e. The fraction of sp³-hybridized carbons (Fsp3) is 0.458. The highest BCUT2D eigenvalue weighted by Gasteiger charge is 2.45. The van der Waals surface area contributed by atoms with Crippen LogP contribution in [0.5, 0.6) is 11.5 Å². The van der Waals surface area contributed by atoms with Gasteiger partial charge in [-0.05, 0) is 72.6 Å². The first-order chi connectivity index (χ1) is 13.1. The van der Waals surface area contributed by atoms with Gasteiger partial charge in [0.2, 0.25) is 0 Å². The van der Waals surface area contributed by atoms with Gasteiger partial charge in [0.15, 0.2) is 0 Å². The molecular weight excluding hydrogens is 336 g/mol. The van der Waals surface area contributed by atoms with Crippen LogP contribution in [0.1, 0.15) is 67.1 Å². The normalized spacial score (nSPS) is 26.6. The molecule has 4 unspecified atom stereocenters. The minimum absolute atomic E-state index is 0.0846. The molecule has 2 aromatic rings. The molecule has 3 heteroatoms. The number of carbonyl (C=O) groups excluding carboxylic acids is 1. The highest BCUT2D eigenvalue weighted by atomic mass is 16.5. The lowest BCUT2D eigenvalue weighted by Crippen LogP contribution is -2.36. The van der Waals surface area contributed by atoms with Gasteiger partial charge in [0.05, 0.1) is 14.2 Å². The van der Waals surface area contributed by atoms with Crippen LogP contribution >= 0.6 is 0 Å². The Morgan fingerprint density at radius 3 is 2.22 bits per heavy atom. The van der Waals surface area contributed by atoms with Crippen molar-refractivity contribution in [1.82, 2.24) is 0 Å². The van der Waals surface area contributed by atoms with Crippen molar-refractivity contribution in [3.63, 3.8) is 0 Å². The fourth-order valence-electron chi connectivity index (χ4n) is 5.44. The predicted molar refractivity (Wildman–Crippen MR) is 107 cm³/mol. The maximum Gasteiger partial charge on any atom is 0.137 e. The number of benzene rings is 2. The Balaban J connectivity index is 1.86. The van der Waals surface area contributed by atoms with Crippen molar-refractivity contribution < 1.29 is 14.3 Å². The van der Waals surface area contributed by atoms with Gasteiger partial charge in [0.1, 0.15) is 17.3 Å². The number of fused-ring (bicyclic) bond motifs is 3. The number of methoxy groups -OCH3 is 2. The maximum atomic E-state index is 12.8. The first kappa shape index (κ1) is 18.1. The monoisotopic (exact) mass is 364 g/mol. The molecule has 0 amide bonds. The van der Waals surface area contributed by atoms with Gasteiger partial charge in [-0.2, -0.15) is 0 Å². The van der Waals surface area contributed by atoms with Crippen LogP contribution in [0.15, 0.2) is 42.5 Å². The largest absolute Gasteiger partial charge is 0.497 e. The molecule has 0 spiro atoms. The van der Waals surface area contributed by atoms with Crippen LogP contribution in [0.4, 0.5) is 0 Å². The third-order valence-corrected chi connectivity index (χ3v) is 6.61. The van der Waals surface area contributed by atoms with Crippen LogP contribution in [-0.4, -0.2) is 20.0 Å². The summed E-state index contributed by atoms with van der Waals surface area (Å²) in [7, 11) is 3.40. The van der Waals surface area contributed by atoms with Crippen molar-refractivity contribution >= 4 is 5.78 Å². The summed E-state index contributed by atoms with van der Waals surface area (Å²) in [5, 5.41) is 0. The highest BCUT2D eigenvalue weighted by Crippen LogP contribution is 2.57. The summed E-state index contributed by atoms with van der Waals surface area (Å²) in [5.41, 5.74) is 3.80. The second-order valence-electron chi connectivity index (χ2n) is 7.94. The molecule has 27 heavy (non-hydrogen) atoms. The van der Waals surface area contributed by atoms with E-state index >= 15 is 0 Å². The van der Waals surface area contributed by atoms with E-state index in [1.54, 1.807) is 21.1 Å². The SMILES string of the molecule is COc1ccc(C2C(C(C)=O)c3ccc(OC)cc3C3CCCCC32)cc1. The zero-order chi connectivity index (χ0) is 19.0. The summed E-state index contributed by atoms with van der Waals surface area (Å²) < 4.78 is 10.8. The van der Waals surface area contributed by atoms with Crippen LogP contribution in [0, 0.1) is 5.92 Å². The van der Waals surface area contributed by atoms with Gasteiger partial charge in [-0.3, -0.25) is 4.79 Å². The molecule has 4 atom stereocenters. The molecule has 0 heterocycles. The number of hydrogen-bond acceptors (Lipinski definition) is 3. The fourth-order valence-corrected chi connectivity index (χ4v) is 5.44. The number of ketones is 1. The second-order valence-corrected chi connectivity index (χ2v) is 7.94. The van der Waals surface area contributed by atoms with E-state index in [-0.39, 0.29) is 17.6 Å². The molecule has 2 aliphatic rings. The molecule has 2 aliphatic carbocycles. The summed E-state index contributed by atoms with van der Waals surface area (Å²) >= 11 is 0. The van der Waals surface area contributed by atoms with Gasteiger partial charge in [0, 0.05) is 11.8 Å². The Kier molecular flexibility index (Phi) is 4.94. The number of rotatable bonds is 4. The van der Waals surface area contributed by atoms with Crippen molar-refractivity contribution in [2.24, 2.45) is 5.92 Å². The van der Waals surface area contributed by atoms with Crippen molar-refractivity contribution in [2.75, 3.05) is 14.2 Å². The molecule has 0 bridgehead atoms. The quantitative estimate of drug-likeness (QED) is 0.724. The Hall–Kier alpha value is -2.29. The van der Waals surface area contributed by atoms with Gasteiger partial charge >= 0.3 is 0 Å². The standard InChI is InChI=1S/C24H28O3/c1-15(25)23-21-13-12-18(27-3)14-22(21)19-6-4-5-7-20(19)24(23)16-8-10-17(26-2)11-9-16/h8-14,19-20,23-24H,4-7H2,1-3H3. The summed E-state index contributed by atoms with van der Waals surface area (Å²) in [4.78, 5) is 12.8. The van der Waals surface area contributed by atoms with Crippen molar-refractivity contribution in [3.05, 3.63) is 59.2 Å². The summed E-state index contributed by atoms with van der Waals surface area (Å²) in [6.45, 7) is 1.75. The third kappa shape index (κ3) is 3.13. The minimum atomic E-state index is -0.0846. The second kappa shape index (κ2) is 7.38. The molecule has 1 fully saturated rings. The Labute approximate surface area is 161 Å². The van der Waals surface area contributed by atoms with Crippen LogP contribution in [0.2, 0.25) is 0 Å².